The molecule has 0 unspecified atom stereocenters. The summed E-state index contributed by atoms with van der Waals surface area (Å²) in [5, 5.41) is 8.58. The van der Waals surface area contributed by atoms with Crippen molar-refractivity contribution in [1.29, 1.82) is 0 Å². The highest BCUT2D eigenvalue weighted by atomic mass is 16.4. The summed E-state index contributed by atoms with van der Waals surface area (Å²) in [6.45, 7) is 0. The molecule has 0 aromatic carbocycles. The second kappa shape index (κ2) is 3.41. The lowest BCUT2D eigenvalue weighted by atomic mass is 10.3. The lowest BCUT2D eigenvalue weighted by Crippen LogP contribution is -1.99. The van der Waals surface area contributed by atoms with Crippen molar-refractivity contribution in [2.75, 3.05) is 0 Å². The molecule has 2 heterocycles. The Bertz CT molecular complexity index is 429. The second-order valence-electron chi connectivity index (χ2n) is 3.05. The highest BCUT2D eigenvalue weighted by Gasteiger charge is 2.04. The summed E-state index contributed by atoms with van der Waals surface area (Å²) in [6, 6.07) is 7.47. The number of H-pyrrole nitrogens is 2. The van der Waals surface area contributed by atoms with Crippen LogP contribution < -0.4 is 0 Å². The largest absolute Gasteiger partial charge is 0.481 e. The van der Waals surface area contributed by atoms with Crippen LogP contribution in [0.3, 0.4) is 0 Å². The van der Waals surface area contributed by atoms with Gasteiger partial charge in [-0.05, 0) is 24.3 Å². The van der Waals surface area contributed by atoms with E-state index in [0.29, 0.717) is 5.69 Å². The molecule has 0 saturated heterocycles. The molecule has 0 saturated carbocycles. The lowest BCUT2D eigenvalue weighted by molar-refractivity contribution is -0.136. The van der Waals surface area contributed by atoms with Gasteiger partial charge in [-0.15, -0.1) is 0 Å². The molecule has 4 nitrogen and oxygen atoms in total. The van der Waals surface area contributed by atoms with Gasteiger partial charge in [-0.1, -0.05) is 0 Å². The summed E-state index contributed by atoms with van der Waals surface area (Å²) in [5.74, 6) is -0.829. The zero-order valence-corrected chi connectivity index (χ0v) is 7.45. The zero-order valence-electron chi connectivity index (χ0n) is 7.45. The Kier molecular flexibility index (Phi) is 2.10. The van der Waals surface area contributed by atoms with E-state index in [-0.39, 0.29) is 6.42 Å². The third kappa shape index (κ3) is 1.69. The number of carbonyl (C=O) groups is 1. The molecule has 0 aliphatic carbocycles. The molecule has 0 spiro atoms. The Morgan fingerprint density at radius 1 is 1.29 bits per heavy atom. The van der Waals surface area contributed by atoms with Crippen LogP contribution in [0.1, 0.15) is 5.69 Å². The van der Waals surface area contributed by atoms with Gasteiger partial charge in [0, 0.05) is 11.9 Å². The molecule has 0 bridgehead atoms. The van der Waals surface area contributed by atoms with Crippen LogP contribution in [-0.4, -0.2) is 21.0 Å². The van der Waals surface area contributed by atoms with Gasteiger partial charge in [0.2, 0.25) is 0 Å². The van der Waals surface area contributed by atoms with Crippen molar-refractivity contribution in [2.24, 2.45) is 0 Å². The third-order valence-electron chi connectivity index (χ3n) is 1.98. The van der Waals surface area contributed by atoms with Gasteiger partial charge in [-0.25, -0.2) is 0 Å². The van der Waals surface area contributed by atoms with Gasteiger partial charge in [-0.2, -0.15) is 0 Å². The fourth-order valence-electron chi connectivity index (χ4n) is 1.36. The molecule has 14 heavy (non-hydrogen) atoms. The van der Waals surface area contributed by atoms with Crippen LogP contribution in [0.15, 0.2) is 30.5 Å². The van der Waals surface area contributed by atoms with Gasteiger partial charge in [0.15, 0.2) is 0 Å². The average molecular weight is 190 g/mol. The molecule has 2 rings (SSSR count). The van der Waals surface area contributed by atoms with Crippen molar-refractivity contribution >= 4 is 5.97 Å². The van der Waals surface area contributed by atoms with E-state index < -0.39 is 5.97 Å². The fourth-order valence-corrected chi connectivity index (χ4v) is 1.36. The molecule has 0 aliphatic rings. The van der Waals surface area contributed by atoms with Gasteiger partial charge in [0.05, 0.1) is 17.8 Å². The van der Waals surface area contributed by atoms with E-state index in [1.807, 2.05) is 24.4 Å². The van der Waals surface area contributed by atoms with E-state index in [4.69, 9.17) is 5.11 Å². The van der Waals surface area contributed by atoms with E-state index in [2.05, 4.69) is 9.97 Å². The van der Waals surface area contributed by atoms with Gasteiger partial charge >= 0.3 is 5.97 Å². The second-order valence-corrected chi connectivity index (χ2v) is 3.05. The zero-order chi connectivity index (χ0) is 9.97. The molecular weight excluding hydrogens is 180 g/mol. The number of nitrogens with one attached hydrogen (secondary N) is 2. The van der Waals surface area contributed by atoms with Crippen molar-refractivity contribution < 1.29 is 9.90 Å². The van der Waals surface area contributed by atoms with Crippen LogP contribution in [0.25, 0.3) is 11.4 Å². The predicted octanol–water partition coefficient (Wildman–Crippen LogP) is 1.64. The number of hydrogen-bond acceptors (Lipinski definition) is 1. The van der Waals surface area contributed by atoms with Gasteiger partial charge < -0.3 is 15.1 Å². The summed E-state index contributed by atoms with van der Waals surface area (Å²) in [7, 11) is 0. The van der Waals surface area contributed by atoms with E-state index in [9.17, 15) is 4.79 Å². The highest BCUT2D eigenvalue weighted by Crippen LogP contribution is 2.15. The van der Waals surface area contributed by atoms with Crippen LogP contribution in [0, 0.1) is 0 Å². The van der Waals surface area contributed by atoms with Gasteiger partial charge in [-0.3, -0.25) is 4.79 Å². The SMILES string of the molecule is O=C(O)Cc1ccc(-c2ccc[nH]2)[nH]1. The van der Waals surface area contributed by atoms with Crippen molar-refractivity contribution in [2.45, 2.75) is 6.42 Å². The maximum atomic E-state index is 10.4. The topological polar surface area (TPSA) is 68.9 Å². The Morgan fingerprint density at radius 2 is 2.14 bits per heavy atom. The summed E-state index contributed by atoms with van der Waals surface area (Å²) < 4.78 is 0. The molecule has 72 valence electrons. The van der Waals surface area contributed by atoms with Gasteiger partial charge in [0.1, 0.15) is 0 Å². The van der Waals surface area contributed by atoms with Crippen molar-refractivity contribution in [3.05, 3.63) is 36.2 Å². The average Bonchev–Trinajstić information content (AvgIpc) is 2.69. The van der Waals surface area contributed by atoms with Crippen LogP contribution >= 0.6 is 0 Å². The molecule has 0 radical (unpaired) electrons. The normalized spacial score (nSPS) is 10.3. The van der Waals surface area contributed by atoms with Crippen LogP contribution in [-0.2, 0) is 11.2 Å². The molecule has 0 fully saturated rings. The first-order chi connectivity index (χ1) is 6.75. The Balaban J connectivity index is 2.22. The van der Waals surface area contributed by atoms with Gasteiger partial charge in [0.25, 0.3) is 0 Å². The molecule has 2 aromatic rings. The Morgan fingerprint density at radius 3 is 2.79 bits per heavy atom. The van der Waals surface area contributed by atoms with E-state index in [0.717, 1.165) is 11.4 Å². The Hall–Kier alpha value is -1.97. The number of aromatic nitrogens is 2. The number of hydrogen-bond donors (Lipinski definition) is 3. The minimum atomic E-state index is -0.829. The van der Waals surface area contributed by atoms with Crippen molar-refractivity contribution in [3.63, 3.8) is 0 Å². The Labute approximate surface area is 80.6 Å². The first kappa shape index (κ1) is 8.62. The van der Waals surface area contributed by atoms with Crippen molar-refractivity contribution in [1.82, 2.24) is 9.97 Å². The molecule has 0 amide bonds. The number of carboxylic acid groups (broad SMARTS) is 1. The molecule has 0 atom stereocenters. The van der Waals surface area contributed by atoms with Crippen LogP contribution in [0.2, 0.25) is 0 Å². The van der Waals surface area contributed by atoms with Crippen LogP contribution in [0.4, 0.5) is 0 Å². The molecule has 3 N–H and O–H groups in total. The minimum absolute atomic E-state index is 0.0285. The summed E-state index contributed by atoms with van der Waals surface area (Å²) >= 11 is 0. The maximum Gasteiger partial charge on any atom is 0.309 e. The summed E-state index contributed by atoms with van der Waals surface area (Å²) in [6.07, 6.45) is 1.85. The van der Waals surface area contributed by atoms with E-state index in [1.165, 1.54) is 0 Å². The fraction of sp³-hybridized carbons (Fsp3) is 0.100. The molecular formula is C10H10N2O2. The summed E-state index contributed by atoms with van der Waals surface area (Å²) in [5.41, 5.74) is 2.58. The monoisotopic (exact) mass is 190 g/mol. The highest BCUT2D eigenvalue weighted by molar-refractivity contribution is 5.70. The lowest BCUT2D eigenvalue weighted by Gasteiger charge is -1.93. The molecule has 0 aliphatic heterocycles. The summed E-state index contributed by atoms with van der Waals surface area (Å²) in [4.78, 5) is 16.5. The number of aromatic amines is 2. The first-order valence-electron chi connectivity index (χ1n) is 4.29. The predicted molar refractivity (Wildman–Crippen MR) is 51.9 cm³/mol. The first-order valence-corrected chi connectivity index (χ1v) is 4.29. The smallest absolute Gasteiger partial charge is 0.309 e. The molecule has 4 heteroatoms. The van der Waals surface area contributed by atoms with Crippen molar-refractivity contribution in [3.8, 4) is 11.4 Å². The number of carboxylic acids is 1. The standard InChI is InChI=1S/C10H10N2O2/c13-10(14)6-7-3-4-9(12-7)8-2-1-5-11-8/h1-5,11-12H,6H2,(H,13,14). The van der Waals surface area contributed by atoms with E-state index in [1.54, 1.807) is 6.07 Å². The number of rotatable bonds is 3. The maximum absolute atomic E-state index is 10.4. The van der Waals surface area contributed by atoms with E-state index >= 15 is 0 Å². The number of aliphatic carboxylic acids is 1. The quantitative estimate of drug-likeness (QED) is 0.688. The third-order valence-corrected chi connectivity index (χ3v) is 1.98. The minimum Gasteiger partial charge on any atom is -0.481 e. The molecule has 2 aromatic heterocycles. The van der Waals surface area contributed by atoms with Crippen LogP contribution in [0.5, 0.6) is 0 Å².